The van der Waals surface area contributed by atoms with E-state index in [4.69, 9.17) is 18.9 Å². The van der Waals surface area contributed by atoms with Gasteiger partial charge in [0.1, 0.15) is 11.9 Å². The van der Waals surface area contributed by atoms with E-state index < -0.39 is 12.2 Å². The van der Waals surface area contributed by atoms with Gasteiger partial charge in [-0.15, -0.1) is 0 Å². The summed E-state index contributed by atoms with van der Waals surface area (Å²) in [6.07, 6.45) is -1.15. The van der Waals surface area contributed by atoms with Crippen LogP contribution in [0.3, 0.4) is 0 Å². The minimum atomic E-state index is -0.741. The maximum atomic E-state index is 12.7. The van der Waals surface area contributed by atoms with E-state index in [-0.39, 0.29) is 5.91 Å². The fraction of sp³-hybridized carbons (Fsp3) is 0.174. The van der Waals surface area contributed by atoms with Gasteiger partial charge in [0.2, 0.25) is 6.10 Å². The van der Waals surface area contributed by atoms with Crippen molar-refractivity contribution in [3.63, 3.8) is 0 Å². The Kier molecular flexibility index (Phi) is 5.24. The molecule has 1 aliphatic rings. The van der Waals surface area contributed by atoms with Crippen molar-refractivity contribution in [1.82, 2.24) is 0 Å². The summed E-state index contributed by atoms with van der Waals surface area (Å²) in [7, 11) is 1.59. The molecule has 0 saturated carbocycles. The highest BCUT2D eigenvalue weighted by Gasteiger charge is 2.34. The van der Waals surface area contributed by atoms with Crippen molar-refractivity contribution in [1.29, 1.82) is 0 Å². The molecular weight excluding hydrogens is 370 g/mol. The van der Waals surface area contributed by atoms with Crippen LogP contribution in [0.5, 0.6) is 28.7 Å². The predicted octanol–water partition coefficient (Wildman–Crippen LogP) is 4.65. The number of ether oxygens (including phenoxy) is 4. The van der Waals surface area contributed by atoms with Crippen LogP contribution >= 0.6 is 0 Å². The molecule has 1 heterocycles. The predicted molar refractivity (Wildman–Crippen MR) is 109 cm³/mol. The second-order valence-electron chi connectivity index (χ2n) is 6.57. The van der Waals surface area contributed by atoms with Crippen LogP contribution in [0.1, 0.15) is 6.92 Å². The van der Waals surface area contributed by atoms with Crippen LogP contribution in [0.15, 0.2) is 72.8 Å². The SMILES string of the molecule is COc1ccccc1Oc1ccc(NC(=O)C2Oc3ccccc3OC2C)cc1. The van der Waals surface area contributed by atoms with Crippen molar-refractivity contribution < 1.29 is 23.7 Å². The van der Waals surface area contributed by atoms with Gasteiger partial charge in [-0.05, 0) is 55.5 Å². The molecule has 0 aromatic heterocycles. The molecule has 6 nitrogen and oxygen atoms in total. The minimum absolute atomic E-state index is 0.273. The first-order valence-corrected chi connectivity index (χ1v) is 9.28. The number of para-hydroxylation sites is 4. The molecule has 1 aliphatic heterocycles. The van der Waals surface area contributed by atoms with Crippen LogP contribution in [0.2, 0.25) is 0 Å². The van der Waals surface area contributed by atoms with E-state index >= 15 is 0 Å². The van der Waals surface area contributed by atoms with Gasteiger partial charge in [0, 0.05) is 5.69 Å². The topological polar surface area (TPSA) is 66.0 Å². The Hall–Kier alpha value is -3.67. The van der Waals surface area contributed by atoms with Crippen molar-refractivity contribution in [3.8, 4) is 28.7 Å². The first-order valence-electron chi connectivity index (χ1n) is 9.28. The van der Waals surface area contributed by atoms with E-state index in [9.17, 15) is 4.79 Å². The van der Waals surface area contributed by atoms with Crippen LogP contribution < -0.4 is 24.3 Å². The molecule has 2 atom stereocenters. The van der Waals surface area contributed by atoms with E-state index in [0.717, 1.165) is 0 Å². The molecule has 2 unspecified atom stereocenters. The fourth-order valence-electron chi connectivity index (χ4n) is 3.06. The molecule has 29 heavy (non-hydrogen) atoms. The zero-order chi connectivity index (χ0) is 20.2. The molecule has 0 spiro atoms. The summed E-state index contributed by atoms with van der Waals surface area (Å²) in [5, 5.41) is 2.86. The van der Waals surface area contributed by atoms with Crippen molar-refractivity contribution >= 4 is 11.6 Å². The number of methoxy groups -OCH3 is 1. The number of rotatable bonds is 5. The maximum Gasteiger partial charge on any atom is 0.269 e. The Morgan fingerprint density at radius 1 is 0.862 bits per heavy atom. The molecule has 1 amide bonds. The Morgan fingerprint density at radius 2 is 1.48 bits per heavy atom. The van der Waals surface area contributed by atoms with Gasteiger partial charge in [0.15, 0.2) is 23.0 Å². The number of hydrogen-bond acceptors (Lipinski definition) is 5. The lowest BCUT2D eigenvalue weighted by Crippen LogP contribution is -2.46. The molecule has 3 aromatic rings. The average Bonchev–Trinajstić information content (AvgIpc) is 2.75. The van der Waals surface area contributed by atoms with Crippen LogP contribution in [-0.2, 0) is 4.79 Å². The zero-order valence-electron chi connectivity index (χ0n) is 16.1. The van der Waals surface area contributed by atoms with E-state index in [0.29, 0.717) is 34.4 Å². The highest BCUT2D eigenvalue weighted by atomic mass is 16.6. The minimum Gasteiger partial charge on any atom is -0.493 e. The van der Waals surface area contributed by atoms with E-state index in [1.54, 1.807) is 37.4 Å². The maximum absolute atomic E-state index is 12.7. The molecule has 0 fully saturated rings. The number of fused-ring (bicyclic) bond motifs is 1. The van der Waals surface area contributed by atoms with E-state index in [2.05, 4.69) is 5.32 Å². The van der Waals surface area contributed by atoms with Gasteiger partial charge in [-0.2, -0.15) is 0 Å². The summed E-state index contributed by atoms with van der Waals surface area (Å²) in [6, 6.07) is 21.8. The molecule has 0 radical (unpaired) electrons. The van der Waals surface area contributed by atoms with Crippen LogP contribution in [0, 0.1) is 0 Å². The smallest absolute Gasteiger partial charge is 0.269 e. The average molecular weight is 391 g/mol. The summed E-state index contributed by atoms with van der Waals surface area (Å²) in [6.45, 7) is 1.81. The molecule has 1 N–H and O–H groups in total. The summed E-state index contributed by atoms with van der Waals surface area (Å²) in [4.78, 5) is 12.7. The third kappa shape index (κ3) is 4.11. The monoisotopic (exact) mass is 391 g/mol. The highest BCUT2D eigenvalue weighted by molar-refractivity contribution is 5.95. The molecule has 0 bridgehead atoms. The Bertz CT molecular complexity index is 1000. The van der Waals surface area contributed by atoms with Gasteiger partial charge in [-0.25, -0.2) is 0 Å². The van der Waals surface area contributed by atoms with Gasteiger partial charge >= 0.3 is 0 Å². The third-order valence-electron chi connectivity index (χ3n) is 4.52. The Balaban J connectivity index is 1.42. The lowest BCUT2D eigenvalue weighted by molar-refractivity contribution is -0.128. The standard InChI is InChI=1S/C23H21NO5/c1-15-22(29-21-10-6-5-9-20(21)27-15)23(25)24-16-11-13-17(14-12-16)28-19-8-4-3-7-18(19)26-2/h3-15,22H,1-2H3,(H,24,25). The van der Waals surface area contributed by atoms with E-state index in [1.165, 1.54) is 0 Å². The number of benzene rings is 3. The Labute approximate surface area is 169 Å². The van der Waals surface area contributed by atoms with Crippen LogP contribution in [-0.4, -0.2) is 25.2 Å². The lowest BCUT2D eigenvalue weighted by Gasteiger charge is -2.31. The van der Waals surface area contributed by atoms with Crippen molar-refractivity contribution in [2.45, 2.75) is 19.1 Å². The van der Waals surface area contributed by atoms with Crippen molar-refractivity contribution in [2.75, 3.05) is 12.4 Å². The molecule has 0 saturated heterocycles. The van der Waals surface area contributed by atoms with Crippen LogP contribution in [0.4, 0.5) is 5.69 Å². The van der Waals surface area contributed by atoms with Gasteiger partial charge in [0.25, 0.3) is 5.91 Å². The number of carbonyl (C=O) groups is 1. The summed E-state index contributed by atoms with van der Waals surface area (Å²) < 4.78 is 22.8. The number of carbonyl (C=O) groups excluding carboxylic acids is 1. The third-order valence-corrected chi connectivity index (χ3v) is 4.52. The van der Waals surface area contributed by atoms with Gasteiger partial charge in [0.05, 0.1) is 7.11 Å². The lowest BCUT2D eigenvalue weighted by atomic mass is 10.1. The second kappa shape index (κ2) is 8.14. The molecule has 3 aromatic carbocycles. The normalized spacial score (nSPS) is 17.3. The largest absolute Gasteiger partial charge is 0.493 e. The number of anilines is 1. The fourth-order valence-corrected chi connectivity index (χ4v) is 3.06. The zero-order valence-corrected chi connectivity index (χ0v) is 16.1. The van der Waals surface area contributed by atoms with Crippen LogP contribution in [0.25, 0.3) is 0 Å². The Morgan fingerprint density at radius 3 is 2.17 bits per heavy atom. The highest BCUT2D eigenvalue weighted by Crippen LogP contribution is 2.34. The first kappa shape index (κ1) is 18.7. The number of nitrogens with one attached hydrogen (secondary N) is 1. The summed E-state index contributed by atoms with van der Waals surface area (Å²) in [5.74, 6) is 2.83. The first-order chi connectivity index (χ1) is 14.1. The molecular formula is C23H21NO5. The number of hydrogen-bond donors (Lipinski definition) is 1. The summed E-state index contributed by atoms with van der Waals surface area (Å²) in [5.41, 5.74) is 0.636. The number of amides is 1. The molecule has 6 heteroatoms. The van der Waals surface area contributed by atoms with Gasteiger partial charge < -0.3 is 24.3 Å². The van der Waals surface area contributed by atoms with Gasteiger partial charge in [-0.3, -0.25) is 4.79 Å². The van der Waals surface area contributed by atoms with E-state index in [1.807, 2.05) is 49.4 Å². The van der Waals surface area contributed by atoms with Crippen molar-refractivity contribution in [3.05, 3.63) is 72.8 Å². The quantitative estimate of drug-likeness (QED) is 0.686. The summed E-state index contributed by atoms with van der Waals surface area (Å²) >= 11 is 0. The molecule has 0 aliphatic carbocycles. The van der Waals surface area contributed by atoms with Crippen molar-refractivity contribution in [2.24, 2.45) is 0 Å². The molecule has 4 rings (SSSR count). The second-order valence-corrected chi connectivity index (χ2v) is 6.57. The molecule has 148 valence electrons. The van der Waals surface area contributed by atoms with Gasteiger partial charge in [-0.1, -0.05) is 24.3 Å².